The number of rotatable bonds is 3. The maximum absolute atomic E-state index is 10.3. The van der Waals surface area contributed by atoms with Crippen LogP contribution in [-0.2, 0) is 0 Å². The fraction of sp³-hybridized carbons (Fsp3) is 0.571. The monoisotopic (exact) mass is 372 g/mol. The predicted octanol–water partition coefficient (Wildman–Crippen LogP) is 3.90. The second kappa shape index (κ2) is 8.09. The van der Waals surface area contributed by atoms with Gasteiger partial charge in [0.15, 0.2) is 0 Å². The van der Waals surface area contributed by atoms with E-state index in [1.165, 1.54) is 12.8 Å². The Bertz CT molecular complexity index is 476. The molecule has 1 aliphatic heterocycles. The van der Waals surface area contributed by atoms with Crippen LogP contribution in [0.15, 0.2) is 12.1 Å². The number of nitrogens with zero attached hydrogens (tertiary/aromatic N) is 1. The molecule has 2 N–H and O–H groups in total. The average Bonchev–Trinajstić information content (AvgIpc) is 3.25. The van der Waals surface area contributed by atoms with Crippen molar-refractivity contribution in [2.24, 2.45) is 5.92 Å². The van der Waals surface area contributed by atoms with Gasteiger partial charge < -0.3 is 10.4 Å². The summed E-state index contributed by atoms with van der Waals surface area (Å²) in [6.45, 7) is 4.04. The molecule has 7 heteroatoms. The van der Waals surface area contributed by atoms with E-state index in [2.05, 4.69) is 10.2 Å². The van der Waals surface area contributed by atoms with Crippen LogP contribution >= 0.6 is 48.0 Å². The molecule has 0 unspecified atom stereocenters. The highest BCUT2D eigenvalue weighted by atomic mass is 35.5. The first kappa shape index (κ1) is 19.1. The van der Waals surface area contributed by atoms with E-state index in [-0.39, 0.29) is 41.6 Å². The van der Waals surface area contributed by atoms with Gasteiger partial charge in [-0.05, 0) is 24.8 Å². The summed E-state index contributed by atoms with van der Waals surface area (Å²) >= 11 is 12.0. The smallest absolute Gasteiger partial charge is 0.140 e. The van der Waals surface area contributed by atoms with Crippen LogP contribution in [0.2, 0.25) is 10.0 Å². The number of benzene rings is 1. The molecule has 0 amide bonds. The Morgan fingerprint density at radius 1 is 1.14 bits per heavy atom. The number of piperazine rings is 1. The molecule has 1 aromatic rings. The molecule has 2 aliphatic rings. The SMILES string of the molecule is Cl.Cl.Oc1c([C@@H](C2CC2)N2CCNCC2)ccc(Cl)c1Cl. The predicted molar refractivity (Wildman–Crippen MR) is 92.5 cm³/mol. The van der Waals surface area contributed by atoms with Crippen molar-refractivity contribution in [3.8, 4) is 5.75 Å². The highest BCUT2D eigenvalue weighted by molar-refractivity contribution is 6.43. The molecule has 2 fully saturated rings. The lowest BCUT2D eigenvalue weighted by Crippen LogP contribution is -2.45. The quantitative estimate of drug-likeness (QED) is 0.843. The van der Waals surface area contributed by atoms with Crippen molar-refractivity contribution >= 4 is 48.0 Å². The first-order chi connectivity index (χ1) is 9.18. The zero-order valence-corrected chi connectivity index (χ0v) is 14.7. The summed E-state index contributed by atoms with van der Waals surface area (Å²) in [4.78, 5) is 2.45. The van der Waals surface area contributed by atoms with Crippen molar-refractivity contribution < 1.29 is 5.11 Å². The lowest BCUT2D eigenvalue weighted by molar-refractivity contribution is 0.153. The van der Waals surface area contributed by atoms with E-state index in [9.17, 15) is 5.11 Å². The Hall–Kier alpha value is 0.1000. The van der Waals surface area contributed by atoms with E-state index in [4.69, 9.17) is 23.2 Å². The molecule has 1 aliphatic carbocycles. The first-order valence-corrected chi connectivity index (χ1v) is 7.55. The first-order valence-electron chi connectivity index (χ1n) is 6.80. The molecule has 1 heterocycles. The van der Waals surface area contributed by atoms with Crippen LogP contribution in [0.3, 0.4) is 0 Å². The molecule has 120 valence electrons. The van der Waals surface area contributed by atoms with Gasteiger partial charge in [0.1, 0.15) is 10.8 Å². The van der Waals surface area contributed by atoms with Crippen molar-refractivity contribution in [3.63, 3.8) is 0 Å². The number of aromatic hydroxyl groups is 1. The Morgan fingerprint density at radius 3 is 2.33 bits per heavy atom. The Kier molecular flexibility index (Phi) is 7.38. The largest absolute Gasteiger partial charge is 0.506 e. The summed E-state index contributed by atoms with van der Waals surface area (Å²) in [5.41, 5.74) is 0.929. The molecule has 0 radical (unpaired) electrons. The van der Waals surface area contributed by atoms with Gasteiger partial charge in [-0.15, -0.1) is 24.8 Å². The topological polar surface area (TPSA) is 35.5 Å². The van der Waals surface area contributed by atoms with Gasteiger partial charge in [0.2, 0.25) is 0 Å². The summed E-state index contributed by atoms with van der Waals surface area (Å²) in [7, 11) is 0. The number of hydrogen-bond donors (Lipinski definition) is 2. The van der Waals surface area contributed by atoms with Crippen LogP contribution in [0.4, 0.5) is 0 Å². The molecule has 3 nitrogen and oxygen atoms in total. The molecule has 3 rings (SSSR count). The number of halogens is 4. The van der Waals surface area contributed by atoms with Crippen LogP contribution in [0.1, 0.15) is 24.4 Å². The highest BCUT2D eigenvalue weighted by Gasteiger charge is 2.38. The van der Waals surface area contributed by atoms with E-state index in [0.717, 1.165) is 31.7 Å². The van der Waals surface area contributed by atoms with Gasteiger partial charge >= 0.3 is 0 Å². The highest BCUT2D eigenvalue weighted by Crippen LogP contribution is 2.49. The Balaban J connectivity index is 0.00000110. The molecule has 1 saturated carbocycles. The molecule has 0 aromatic heterocycles. The summed E-state index contributed by atoms with van der Waals surface area (Å²) in [5, 5.41) is 14.4. The van der Waals surface area contributed by atoms with E-state index < -0.39 is 0 Å². The van der Waals surface area contributed by atoms with E-state index in [1.54, 1.807) is 6.07 Å². The van der Waals surface area contributed by atoms with Gasteiger partial charge in [-0.2, -0.15) is 0 Å². The molecule has 1 saturated heterocycles. The van der Waals surface area contributed by atoms with Crippen molar-refractivity contribution in [3.05, 3.63) is 27.7 Å². The molecule has 1 aromatic carbocycles. The zero-order valence-electron chi connectivity index (χ0n) is 11.5. The van der Waals surface area contributed by atoms with Gasteiger partial charge in [0, 0.05) is 37.8 Å². The number of phenols is 1. The third-order valence-corrected chi connectivity index (χ3v) is 4.83. The summed E-state index contributed by atoms with van der Waals surface area (Å²) < 4.78 is 0. The number of hydrogen-bond acceptors (Lipinski definition) is 3. The molecule has 0 spiro atoms. The van der Waals surface area contributed by atoms with Crippen molar-refractivity contribution in [2.75, 3.05) is 26.2 Å². The molecule has 1 atom stereocenters. The second-order valence-electron chi connectivity index (χ2n) is 5.37. The third kappa shape index (κ3) is 4.10. The van der Waals surface area contributed by atoms with E-state index in [1.807, 2.05) is 6.07 Å². The summed E-state index contributed by atoms with van der Waals surface area (Å²) in [6, 6.07) is 3.99. The van der Waals surface area contributed by atoms with Crippen LogP contribution in [0.5, 0.6) is 5.75 Å². The van der Waals surface area contributed by atoms with Crippen molar-refractivity contribution in [1.82, 2.24) is 10.2 Å². The standard InChI is InChI=1S/C14H18Cl2N2O.2ClH/c15-11-4-3-10(14(19)12(11)16)13(9-1-2-9)18-7-5-17-6-8-18;;/h3-4,9,13,17,19H,1-2,5-8H2;2*1H/t13-;;/m1../s1. The van der Waals surface area contributed by atoms with Gasteiger partial charge in [0.25, 0.3) is 0 Å². The van der Waals surface area contributed by atoms with Crippen molar-refractivity contribution in [1.29, 1.82) is 0 Å². The number of phenolic OH excluding ortho intramolecular Hbond substituents is 1. The maximum atomic E-state index is 10.3. The van der Waals surface area contributed by atoms with Gasteiger partial charge in [-0.1, -0.05) is 29.3 Å². The number of nitrogens with one attached hydrogen (secondary N) is 1. The minimum absolute atomic E-state index is 0. The van der Waals surface area contributed by atoms with Crippen LogP contribution in [0.25, 0.3) is 0 Å². The Labute approximate surface area is 147 Å². The third-order valence-electron chi connectivity index (χ3n) is 4.03. The Morgan fingerprint density at radius 2 is 1.76 bits per heavy atom. The van der Waals surface area contributed by atoms with Crippen LogP contribution in [0, 0.1) is 5.92 Å². The van der Waals surface area contributed by atoms with Crippen LogP contribution < -0.4 is 5.32 Å². The van der Waals surface area contributed by atoms with Gasteiger partial charge in [-0.25, -0.2) is 0 Å². The maximum Gasteiger partial charge on any atom is 0.140 e. The second-order valence-corrected chi connectivity index (χ2v) is 6.15. The fourth-order valence-electron chi connectivity index (χ4n) is 2.91. The fourth-order valence-corrected chi connectivity index (χ4v) is 3.24. The minimum Gasteiger partial charge on any atom is -0.506 e. The minimum atomic E-state index is 0. The molecule has 0 bridgehead atoms. The lowest BCUT2D eigenvalue weighted by atomic mass is 9.98. The molecular formula is C14H20Cl4N2O. The van der Waals surface area contributed by atoms with Crippen molar-refractivity contribution in [2.45, 2.75) is 18.9 Å². The molecule has 21 heavy (non-hydrogen) atoms. The summed E-state index contributed by atoms with van der Waals surface area (Å²) in [6.07, 6.45) is 2.46. The normalized spacial score (nSPS) is 20.3. The average molecular weight is 374 g/mol. The van der Waals surface area contributed by atoms with Crippen LogP contribution in [-0.4, -0.2) is 36.2 Å². The lowest BCUT2D eigenvalue weighted by Gasteiger charge is -2.35. The van der Waals surface area contributed by atoms with E-state index in [0.29, 0.717) is 10.9 Å². The summed E-state index contributed by atoms with van der Waals surface area (Å²) in [5.74, 6) is 0.797. The van der Waals surface area contributed by atoms with Gasteiger partial charge in [-0.3, -0.25) is 4.90 Å². The van der Waals surface area contributed by atoms with E-state index >= 15 is 0 Å². The van der Waals surface area contributed by atoms with Gasteiger partial charge in [0.05, 0.1) is 5.02 Å². The molecular weight excluding hydrogens is 354 g/mol. The zero-order chi connectivity index (χ0) is 13.4.